The molecule has 44 heavy (non-hydrogen) atoms. The SMILES string of the molecule is OCc1cc(C2=NOC(c3cc(Cl)c(F)c(Cl)c3)(C(F)(F)F)C2)ccc1C1(O)CN(C(c2ccccc2)c2ccccc2)C1. The van der Waals surface area contributed by atoms with Crippen molar-refractivity contribution < 1.29 is 32.6 Å². The number of benzene rings is 4. The van der Waals surface area contributed by atoms with E-state index in [0.29, 0.717) is 11.1 Å². The number of likely N-dealkylation sites (tertiary alicyclic amines) is 1. The molecular weight excluding hydrogens is 619 g/mol. The maximum absolute atomic E-state index is 14.5. The van der Waals surface area contributed by atoms with Crippen molar-refractivity contribution in [3.8, 4) is 0 Å². The molecule has 4 aromatic carbocycles. The number of alkyl halides is 3. The first-order valence-electron chi connectivity index (χ1n) is 13.7. The van der Waals surface area contributed by atoms with Gasteiger partial charge in [-0.05, 0) is 46.0 Å². The number of β-amino-alcohol motifs (C(OH)–C–C–N with tert-alkyl or cyclic N) is 1. The van der Waals surface area contributed by atoms with Gasteiger partial charge in [-0.2, -0.15) is 13.2 Å². The summed E-state index contributed by atoms with van der Waals surface area (Å²) < 4.78 is 57.4. The number of halogens is 6. The molecule has 1 atom stereocenters. The lowest BCUT2D eigenvalue weighted by molar-refractivity contribution is -0.275. The van der Waals surface area contributed by atoms with E-state index >= 15 is 0 Å². The van der Waals surface area contributed by atoms with Crippen LogP contribution in [0, 0.1) is 5.82 Å². The van der Waals surface area contributed by atoms with E-state index in [4.69, 9.17) is 28.0 Å². The maximum atomic E-state index is 14.5. The lowest BCUT2D eigenvalue weighted by atomic mass is 9.79. The van der Waals surface area contributed by atoms with Gasteiger partial charge in [0.1, 0.15) is 5.60 Å². The molecule has 0 radical (unpaired) electrons. The highest BCUT2D eigenvalue weighted by Crippen LogP contribution is 2.50. The number of aliphatic hydroxyl groups excluding tert-OH is 1. The third kappa shape index (κ3) is 5.26. The van der Waals surface area contributed by atoms with Crippen LogP contribution in [-0.2, 0) is 22.6 Å². The Balaban J connectivity index is 1.27. The first-order valence-corrected chi connectivity index (χ1v) is 14.5. The van der Waals surface area contributed by atoms with Gasteiger partial charge in [0.25, 0.3) is 5.60 Å². The number of nitrogens with zero attached hydrogens (tertiary/aromatic N) is 2. The van der Waals surface area contributed by atoms with Gasteiger partial charge in [0.15, 0.2) is 5.82 Å². The Labute approximate surface area is 260 Å². The van der Waals surface area contributed by atoms with Crippen molar-refractivity contribution in [2.24, 2.45) is 5.16 Å². The van der Waals surface area contributed by atoms with Crippen LogP contribution in [0.15, 0.2) is 96.2 Å². The van der Waals surface area contributed by atoms with Gasteiger partial charge in [-0.3, -0.25) is 4.90 Å². The summed E-state index contributed by atoms with van der Waals surface area (Å²) in [4.78, 5) is 7.17. The smallest absolute Gasteiger partial charge is 0.392 e. The summed E-state index contributed by atoms with van der Waals surface area (Å²) in [5.74, 6) is -1.04. The molecule has 6 rings (SSSR count). The maximum Gasteiger partial charge on any atom is 0.435 e. The van der Waals surface area contributed by atoms with E-state index < -0.39 is 51.8 Å². The second-order valence-corrected chi connectivity index (χ2v) is 11.9. The predicted molar refractivity (Wildman–Crippen MR) is 159 cm³/mol. The van der Waals surface area contributed by atoms with Crippen LogP contribution in [-0.4, -0.2) is 40.1 Å². The fraction of sp³-hybridized carbons (Fsp3) is 0.242. The van der Waals surface area contributed by atoms with E-state index in [1.165, 1.54) is 6.07 Å². The monoisotopic (exact) mass is 644 g/mol. The number of oxime groups is 1. The summed E-state index contributed by atoms with van der Waals surface area (Å²) in [6.07, 6.45) is -5.70. The van der Waals surface area contributed by atoms with Crippen LogP contribution in [0.3, 0.4) is 0 Å². The van der Waals surface area contributed by atoms with Crippen molar-refractivity contribution in [2.45, 2.75) is 36.4 Å². The van der Waals surface area contributed by atoms with Crippen LogP contribution in [0.1, 0.15) is 45.8 Å². The Hall–Kier alpha value is -3.47. The second kappa shape index (κ2) is 11.5. The molecule has 1 unspecified atom stereocenters. The zero-order valence-corrected chi connectivity index (χ0v) is 24.5. The van der Waals surface area contributed by atoms with Gasteiger partial charge in [-0.15, -0.1) is 0 Å². The van der Waals surface area contributed by atoms with Crippen LogP contribution in [0.25, 0.3) is 0 Å². The highest BCUT2D eigenvalue weighted by Gasteiger charge is 2.62. The largest absolute Gasteiger partial charge is 0.435 e. The zero-order valence-electron chi connectivity index (χ0n) is 23.0. The molecule has 0 saturated carbocycles. The van der Waals surface area contributed by atoms with Crippen molar-refractivity contribution in [1.82, 2.24) is 4.90 Å². The first-order chi connectivity index (χ1) is 21.0. The van der Waals surface area contributed by atoms with Crippen molar-refractivity contribution in [1.29, 1.82) is 0 Å². The zero-order chi connectivity index (χ0) is 31.3. The summed E-state index contributed by atoms with van der Waals surface area (Å²) >= 11 is 11.6. The lowest BCUT2D eigenvalue weighted by Crippen LogP contribution is -2.60. The van der Waals surface area contributed by atoms with Crippen LogP contribution in [0.5, 0.6) is 0 Å². The van der Waals surface area contributed by atoms with Gasteiger partial charge in [-0.25, -0.2) is 4.39 Å². The molecule has 11 heteroatoms. The third-order valence-electron chi connectivity index (χ3n) is 8.27. The molecular formula is C33H26Cl2F4N2O3. The molecule has 228 valence electrons. The fourth-order valence-electron chi connectivity index (χ4n) is 6.07. The minimum atomic E-state index is -4.96. The van der Waals surface area contributed by atoms with Crippen molar-refractivity contribution in [3.63, 3.8) is 0 Å². The molecule has 1 saturated heterocycles. The summed E-state index contributed by atoms with van der Waals surface area (Å²) in [6.45, 7) is 0.0657. The Bertz CT molecular complexity index is 1650. The highest BCUT2D eigenvalue weighted by atomic mass is 35.5. The lowest BCUT2D eigenvalue weighted by Gasteiger charge is -2.51. The Kier molecular flexibility index (Phi) is 7.96. The molecule has 4 aromatic rings. The quantitative estimate of drug-likeness (QED) is 0.162. The van der Waals surface area contributed by atoms with Crippen molar-refractivity contribution in [2.75, 3.05) is 13.1 Å². The van der Waals surface area contributed by atoms with E-state index in [0.717, 1.165) is 23.3 Å². The summed E-state index contributed by atoms with van der Waals surface area (Å²) in [5, 5.41) is 24.5. The highest BCUT2D eigenvalue weighted by molar-refractivity contribution is 6.35. The summed E-state index contributed by atoms with van der Waals surface area (Å²) in [6, 6.07) is 26.0. The normalized spacial score (nSPS) is 19.9. The minimum Gasteiger partial charge on any atom is -0.392 e. The Morgan fingerprint density at radius 2 is 1.45 bits per heavy atom. The number of hydrogen-bond donors (Lipinski definition) is 2. The van der Waals surface area contributed by atoms with E-state index in [-0.39, 0.29) is 30.4 Å². The summed E-state index contributed by atoms with van der Waals surface area (Å²) in [5.41, 5.74) is -1.57. The molecule has 0 amide bonds. The van der Waals surface area contributed by atoms with Crippen LogP contribution >= 0.6 is 23.2 Å². The van der Waals surface area contributed by atoms with Crippen molar-refractivity contribution in [3.05, 3.63) is 140 Å². The number of rotatable bonds is 7. The molecule has 2 N–H and O–H groups in total. The molecule has 0 bridgehead atoms. The Morgan fingerprint density at radius 3 is 1.98 bits per heavy atom. The van der Waals surface area contributed by atoms with Gasteiger partial charge >= 0.3 is 6.18 Å². The van der Waals surface area contributed by atoms with Gasteiger partial charge in [-0.1, -0.05) is 101 Å². The average Bonchev–Trinajstić information content (AvgIpc) is 3.47. The first kappa shape index (κ1) is 30.6. The number of aliphatic hydroxyl groups is 2. The molecule has 0 spiro atoms. The second-order valence-electron chi connectivity index (χ2n) is 11.1. The standard InChI is InChI=1S/C33H26Cl2F4N2O3/c34-26-14-24(15-27(35)29(26)36)32(33(37,38)39)16-28(40-44-32)22-11-12-25(23(13-22)17-42)31(43)18-41(19-31)30(20-7-3-1-4-8-20)21-9-5-2-6-10-21/h1-15,30,42-43H,16-19H2. The Morgan fingerprint density at radius 1 is 0.886 bits per heavy atom. The van der Waals surface area contributed by atoms with Crippen LogP contribution in [0.2, 0.25) is 10.0 Å². The minimum absolute atomic E-state index is 0.0458. The fourth-order valence-corrected chi connectivity index (χ4v) is 6.56. The van der Waals surface area contributed by atoms with Crippen LogP contribution < -0.4 is 0 Å². The van der Waals surface area contributed by atoms with E-state index in [9.17, 15) is 27.8 Å². The number of hydrogen-bond acceptors (Lipinski definition) is 5. The summed E-state index contributed by atoms with van der Waals surface area (Å²) in [7, 11) is 0. The predicted octanol–water partition coefficient (Wildman–Crippen LogP) is 7.50. The molecule has 5 nitrogen and oxygen atoms in total. The van der Waals surface area contributed by atoms with E-state index in [2.05, 4.69) is 10.1 Å². The molecule has 1 fully saturated rings. The van der Waals surface area contributed by atoms with Crippen molar-refractivity contribution >= 4 is 28.9 Å². The van der Waals surface area contributed by atoms with E-state index in [1.54, 1.807) is 12.1 Å². The van der Waals surface area contributed by atoms with Gasteiger partial charge < -0.3 is 15.1 Å². The van der Waals surface area contributed by atoms with Gasteiger partial charge in [0.05, 0.1) is 28.4 Å². The molecule has 2 aliphatic heterocycles. The molecule has 2 heterocycles. The van der Waals surface area contributed by atoms with Gasteiger partial charge in [0, 0.05) is 25.1 Å². The molecule has 2 aliphatic rings. The topological polar surface area (TPSA) is 65.3 Å². The van der Waals surface area contributed by atoms with Crippen LogP contribution in [0.4, 0.5) is 17.6 Å². The van der Waals surface area contributed by atoms with Gasteiger partial charge in [0.2, 0.25) is 0 Å². The third-order valence-corrected chi connectivity index (χ3v) is 8.82. The molecule has 0 aliphatic carbocycles. The van der Waals surface area contributed by atoms with E-state index in [1.807, 2.05) is 60.7 Å². The molecule has 0 aromatic heterocycles. The average molecular weight is 645 g/mol.